The van der Waals surface area contributed by atoms with Gasteiger partial charge in [0.2, 0.25) is 5.91 Å². The quantitative estimate of drug-likeness (QED) is 0.285. The first-order valence-electron chi connectivity index (χ1n) is 13.1. The van der Waals surface area contributed by atoms with Crippen LogP contribution in [0.25, 0.3) is 0 Å². The number of aromatic hydroxyl groups is 1. The first kappa shape index (κ1) is 31.2. The summed E-state index contributed by atoms with van der Waals surface area (Å²) < 4.78 is 29.2. The molecule has 12 heteroatoms. The zero-order valence-corrected chi connectivity index (χ0v) is 24.0. The number of aliphatic hydroxyl groups excluding tert-OH is 1. The number of likely N-dealkylation sites (tertiary alicyclic amines) is 1. The lowest BCUT2D eigenvalue weighted by Crippen LogP contribution is -2.56. The molecule has 3 aromatic carbocycles. The van der Waals surface area contributed by atoms with E-state index in [0.29, 0.717) is 16.0 Å². The van der Waals surface area contributed by atoms with Gasteiger partial charge in [0.05, 0.1) is 22.6 Å². The molecule has 0 aromatic heterocycles. The van der Waals surface area contributed by atoms with E-state index in [1.807, 2.05) is 0 Å². The van der Waals surface area contributed by atoms with E-state index in [2.05, 4.69) is 10.6 Å². The number of rotatable bonds is 9. The fourth-order valence-electron chi connectivity index (χ4n) is 4.84. The number of halogens is 4. The minimum absolute atomic E-state index is 0.0221. The number of phenols is 1. The summed E-state index contributed by atoms with van der Waals surface area (Å²) >= 11 is 12.2. The van der Waals surface area contributed by atoms with Crippen molar-refractivity contribution in [1.29, 1.82) is 0 Å². The molecule has 0 bridgehead atoms. The van der Waals surface area contributed by atoms with Crippen LogP contribution in [0.5, 0.6) is 5.75 Å². The molecular formula is C30H29Cl2F2N3O5. The number of aliphatic hydroxyl groups is 1. The summed E-state index contributed by atoms with van der Waals surface area (Å²) in [4.78, 5) is 40.4. The van der Waals surface area contributed by atoms with Crippen LogP contribution in [0.1, 0.15) is 33.5 Å². The minimum atomic E-state index is -3.39. The number of nitrogens with zero attached hydrogens (tertiary/aromatic N) is 1. The molecule has 3 atom stereocenters. The average Bonchev–Trinajstić information content (AvgIpc) is 3.29. The molecule has 8 nitrogen and oxygen atoms in total. The summed E-state index contributed by atoms with van der Waals surface area (Å²) in [6.07, 6.45) is -2.94. The number of benzene rings is 3. The van der Waals surface area contributed by atoms with E-state index >= 15 is 0 Å². The molecule has 222 valence electrons. The van der Waals surface area contributed by atoms with Crippen LogP contribution in [-0.2, 0) is 22.6 Å². The Morgan fingerprint density at radius 1 is 1.05 bits per heavy atom. The van der Waals surface area contributed by atoms with Crippen LogP contribution in [0.2, 0.25) is 10.0 Å². The molecule has 4 rings (SSSR count). The van der Waals surface area contributed by atoms with Crippen LogP contribution in [0.15, 0.2) is 66.7 Å². The number of alkyl halides is 2. The highest BCUT2D eigenvalue weighted by Crippen LogP contribution is 2.33. The van der Waals surface area contributed by atoms with Crippen molar-refractivity contribution in [2.45, 2.75) is 50.4 Å². The molecule has 1 aliphatic rings. The summed E-state index contributed by atoms with van der Waals surface area (Å²) in [6, 6.07) is 15.0. The maximum atomic E-state index is 14.6. The molecule has 0 spiro atoms. The third-order valence-electron chi connectivity index (χ3n) is 7.14. The lowest BCUT2D eigenvalue weighted by Gasteiger charge is -2.30. The van der Waals surface area contributed by atoms with Crippen LogP contribution in [0.3, 0.4) is 0 Å². The highest BCUT2D eigenvalue weighted by molar-refractivity contribution is 6.42. The lowest BCUT2D eigenvalue weighted by molar-refractivity contribution is -0.147. The average molecular weight is 620 g/mol. The van der Waals surface area contributed by atoms with E-state index in [9.17, 15) is 33.4 Å². The number of phenolic OH excluding ortho intramolecular Hbond substituents is 1. The highest BCUT2D eigenvalue weighted by atomic mass is 35.5. The molecule has 0 unspecified atom stereocenters. The van der Waals surface area contributed by atoms with Crippen molar-refractivity contribution < 1.29 is 33.4 Å². The van der Waals surface area contributed by atoms with E-state index in [1.54, 1.807) is 48.5 Å². The zero-order chi connectivity index (χ0) is 30.6. The van der Waals surface area contributed by atoms with Crippen LogP contribution in [-0.4, -0.2) is 63.5 Å². The van der Waals surface area contributed by atoms with Gasteiger partial charge in [-0.1, -0.05) is 71.7 Å². The van der Waals surface area contributed by atoms with Gasteiger partial charge in [0.15, 0.2) is 6.10 Å². The molecule has 0 radical (unpaired) electrons. The van der Waals surface area contributed by atoms with E-state index in [4.69, 9.17) is 23.2 Å². The number of hydrogen-bond acceptors (Lipinski definition) is 5. The van der Waals surface area contributed by atoms with Crippen LogP contribution in [0.4, 0.5) is 8.78 Å². The SMILES string of the molecule is Cc1c(O)cccc1C(=O)N[C@@H](Cc1ccccc1)[C@H](O)C(=O)N1CC(F)(F)C[C@H]1C(=O)NCc1cccc(Cl)c1Cl. The van der Waals surface area contributed by atoms with Gasteiger partial charge >= 0.3 is 0 Å². The predicted molar refractivity (Wildman–Crippen MR) is 154 cm³/mol. The zero-order valence-electron chi connectivity index (χ0n) is 22.5. The summed E-state index contributed by atoms with van der Waals surface area (Å²) in [6.45, 7) is 0.321. The third-order valence-corrected chi connectivity index (χ3v) is 8.00. The van der Waals surface area contributed by atoms with Gasteiger partial charge in [-0.05, 0) is 42.7 Å². The van der Waals surface area contributed by atoms with E-state index in [1.165, 1.54) is 25.1 Å². The van der Waals surface area contributed by atoms with Crippen molar-refractivity contribution >= 4 is 40.9 Å². The maximum absolute atomic E-state index is 14.6. The fraction of sp³-hybridized carbons (Fsp3) is 0.300. The second-order valence-electron chi connectivity index (χ2n) is 10.1. The molecule has 0 saturated carbocycles. The molecule has 0 aliphatic carbocycles. The topological polar surface area (TPSA) is 119 Å². The third kappa shape index (κ3) is 7.18. The van der Waals surface area contributed by atoms with Gasteiger partial charge in [-0.15, -0.1) is 0 Å². The number of amides is 3. The second kappa shape index (κ2) is 13.1. The van der Waals surface area contributed by atoms with Gasteiger partial charge in [0, 0.05) is 24.1 Å². The molecule has 1 fully saturated rings. The van der Waals surface area contributed by atoms with Crippen molar-refractivity contribution in [3.05, 3.63) is 99.0 Å². The molecule has 1 saturated heterocycles. The molecule has 3 amide bonds. The summed E-state index contributed by atoms with van der Waals surface area (Å²) in [5.74, 6) is -6.19. The smallest absolute Gasteiger partial charge is 0.267 e. The number of nitrogens with one attached hydrogen (secondary N) is 2. The molecule has 42 heavy (non-hydrogen) atoms. The largest absolute Gasteiger partial charge is 0.508 e. The first-order chi connectivity index (χ1) is 19.9. The Hall–Kier alpha value is -3.73. The van der Waals surface area contributed by atoms with Gasteiger partial charge < -0.3 is 25.7 Å². The van der Waals surface area contributed by atoms with Crippen LogP contribution < -0.4 is 10.6 Å². The Bertz CT molecular complexity index is 1470. The molecular weight excluding hydrogens is 591 g/mol. The summed E-state index contributed by atoms with van der Waals surface area (Å²) in [5, 5.41) is 26.8. The van der Waals surface area contributed by atoms with Crippen molar-refractivity contribution in [2.75, 3.05) is 6.54 Å². The normalized spacial score (nSPS) is 17.4. The molecule has 1 aliphatic heterocycles. The molecule has 1 heterocycles. The molecule has 4 N–H and O–H groups in total. The fourth-order valence-corrected chi connectivity index (χ4v) is 5.22. The Morgan fingerprint density at radius 3 is 2.45 bits per heavy atom. The van der Waals surface area contributed by atoms with E-state index in [0.717, 1.165) is 0 Å². The maximum Gasteiger partial charge on any atom is 0.267 e. The van der Waals surface area contributed by atoms with Gasteiger partial charge in [-0.2, -0.15) is 0 Å². The van der Waals surface area contributed by atoms with Gasteiger partial charge in [-0.3, -0.25) is 14.4 Å². The number of carbonyl (C=O) groups is 3. The Balaban J connectivity index is 1.56. The van der Waals surface area contributed by atoms with Crippen molar-refractivity contribution in [3.63, 3.8) is 0 Å². The Morgan fingerprint density at radius 2 is 1.74 bits per heavy atom. The van der Waals surface area contributed by atoms with Crippen molar-refractivity contribution in [2.24, 2.45) is 0 Å². The van der Waals surface area contributed by atoms with Gasteiger partial charge in [-0.25, -0.2) is 8.78 Å². The van der Waals surface area contributed by atoms with Crippen LogP contribution in [0, 0.1) is 6.92 Å². The lowest BCUT2D eigenvalue weighted by atomic mass is 9.98. The van der Waals surface area contributed by atoms with Gasteiger partial charge in [0.25, 0.3) is 17.7 Å². The number of hydrogen-bond donors (Lipinski definition) is 4. The highest BCUT2D eigenvalue weighted by Gasteiger charge is 2.51. The summed E-state index contributed by atoms with van der Waals surface area (Å²) in [7, 11) is 0. The molecule has 3 aromatic rings. The minimum Gasteiger partial charge on any atom is -0.508 e. The van der Waals surface area contributed by atoms with E-state index in [-0.39, 0.29) is 39.9 Å². The monoisotopic (exact) mass is 619 g/mol. The van der Waals surface area contributed by atoms with Gasteiger partial charge in [0.1, 0.15) is 11.8 Å². The van der Waals surface area contributed by atoms with E-state index < -0.39 is 54.8 Å². The van der Waals surface area contributed by atoms with Crippen LogP contribution >= 0.6 is 23.2 Å². The van der Waals surface area contributed by atoms with Crippen molar-refractivity contribution in [1.82, 2.24) is 15.5 Å². The standard InChI is InChI=1S/C30H29Cl2F2N3O5/c1-17-20(10-6-12-24(17)38)27(40)36-22(13-18-7-3-2-4-8-18)26(39)29(42)37-16-30(33,34)14-23(37)28(41)35-15-19-9-5-11-21(31)25(19)32/h2-12,22-23,26,38-39H,13-16H2,1H3,(H,35,41)(H,36,40)/t22-,23-,26-/m0/s1. The Labute approximate surface area is 251 Å². The predicted octanol–water partition coefficient (Wildman–Crippen LogP) is 4.26. The first-order valence-corrected chi connectivity index (χ1v) is 13.8. The summed E-state index contributed by atoms with van der Waals surface area (Å²) in [5.41, 5.74) is 1.50. The number of carbonyl (C=O) groups excluding carboxylic acids is 3. The Kier molecular flexibility index (Phi) is 9.71. The van der Waals surface area contributed by atoms with Crippen molar-refractivity contribution in [3.8, 4) is 5.75 Å². The second-order valence-corrected chi connectivity index (χ2v) is 10.9.